The van der Waals surface area contributed by atoms with Gasteiger partial charge in [0.15, 0.2) is 0 Å². The average molecular weight is 95.1 g/mol. The summed E-state index contributed by atoms with van der Waals surface area (Å²) in [5, 5.41) is 24.0. The van der Waals surface area contributed by atoms with E-state index in [1.165, 1.54) is 0 Å². The van der Waals surface area contributed by atoms with Gasteiger partial charge in [0.05, 0.1) is 13.2 Å². The van der Waals surface area contributed by atoms with Gasteiger partial charge in [-0.25, -0.2) is 0 Å². The normalized spacial score (nSPS) is 14.5. The molecule has 3 heteroatoms. The molecule has 0 aromatic carbocycles. The first kappa shape index (κ1) is 5.88. The second kappa shape index (κ2) is 3.08. The highest BCUT2D eigenvalue weighted by atomic mass is 18.2. The molecule has 6 heavy (non-hydrogen) atoms. The van der Waals surface area contributed by atoms with Gasteiger partial charge in [0, 0.05) is 0 Å². The van der Waals surface area contributed by atoms with E-state index in [1.54, 1.807) is 0 Å². The molecule has 38 valence electrons. The molecule has 0 bridgehead atoms. The molecule has 0 aliphatic heterocycles. The molecule has 0 saturated carbocycles. The molecule has 0 saturated heterocycles. The molecule has 3 nitrogen and oxygen atoms in total. The summed E-state index contributed by atoms with van der Waals surface area (Å²) in [4.78, 5) is 0. The third-order valence-electron chi connectivity index (χ3n) is 0.421. The van der Waals surface area contributed by atoms with E-state index >= 15 is 0 Å². The van der Waals surface area contributed by atoms with Crippen LogP contribution in [-0.4, -0.2) is 34.6 Å². The number of rotatable bonds is 2. The highest BCUT2D eigenvalue weighted by molar-refractivity contribution is 4.43. The third kappa shape index (κ3) is 2.14. The molecule has 0 radical (unpaired) electrons. The Bertz CT molecular complexity index is 25.2. The first-order chi connectivity index (χ1) is 2.81. The maximum Gasteiger partial charge on any atom is 0.100 e. The van der Waals surface area contributed by atoms with E-state index in [0.717, 1.165) is 0 Å². The van der Waals surface area contributed by atoms with Gasteiger partial charge in [-0.2, -0.15) is 0 Å². The summed E-state index contributed by atoms with van der Waals surface area (Å²) >= 11 is 0. The predicted octanol–water partition coefficient (Wildman–Crippen LogP) is -1.67. The zero-order valence-electron chi connectivity index (χ0n) is 3.33. The monoisotopic (exact) mass is 95.1 g/mol. The van der Waals surface area contributed by atoms with Gasteiger partial charge in [-0.1, -0.05) is 0 Å². The quantitative estimate of drug-likeness (QED) is 0.284. The summed E-state index contributed by atoms with van der Waals surface area (Å²) in [7, 11) is 0. The molecule has 0 aromatic heterocycles. The van der Waals surface area contributed by atoms with Crippen molar-refractivity contribution in [2.45, 2.75) is 6.10 Å². The van der Waals surface area contributed by atoms with Crippen molar-refractivity contribution >= 4 is 0 Å². The molecule has 0 amide bonds. The molecule has 0 fully saturated rings. The first-order valence-electron chi connectivity index (χ1n) is 1.71. The zero-order chi connectivity index (χ0) is 4.99. The van der Waals surface area contributed by atoms with Crippen molar-refractivity contribution in [3.63, 3.8) is 0 Å². The average Bonchev–Trinajstić information content (AvgIpc) is 1.65. The summed E-state index contributed by atoms with van der Waals surface area (Å²) in [6.45, 7) is -0.729. The van der Waals surface area contributed by atoms with Crippen molar-refractivity contribution in [2.75, 3.05) is 13.2 Å². The van der Waals surface area contributed by atoms with Gasteiger partial charge in [-0.05, 0) is 0 Å². The second-order valence-corrected chi connectivity index (χ2v) is 1.02. The fraction of sp³-hybridized carbons (Fsp3) is 1.00. The van der Waals surface area contributed by atoms with Crippen LogP contribution in [-0.2, 0) is 0 Å². The van der Waals surface area contributed by atoms with Gasteiger partial charge in [-0.3, -0.25) is 0 Å². The van der Waals surface area contributed by atoms with Gasteiger partial charge < -0.3 is 15.3 Å². The Morgan fingerprint density at radius 2 is 2.17 bits per heavy atom. The topological polar surface area (TPSA) is 60.7 Å². The highest BCUT2D eigenvalue weighted by Crippen LogP contribution is 1.71. The van der Waals surface area contributed by atoms with Gasteiger partial charge in [0.2, 0.25) is 0 Å². The minimum absolute atomic E-state index is 0.365. The Morgan fingerprint density at radius 3 is 2.17 bits per heavy atom. The van der Waals surface area contributed by atoms with Crippen LogP contribution in [0.15, 0.2) is 0 Å². The van der Waals surface area contributed by atoms with E-state index in [2.05, 4.69) is 0 Å². The lowest BCUT2D eigenvalue weighted by Gasteiger charge is -1.96. The van der Waals surface area contributed by atoms with Crippen molar-refractivity contribution in [1.29, 1.82) is 0 Å². The standard InChI is InChI=1S/C3H8O3/c4-1-3(6)2-5/h3-6H,1-2H2/i1+1,4+2. The van der Waals surface area contributed by atoms with Gasteiger partial charge in [0.1, 0.15) is 6.10 Å². The molecule has 0 aliphatic rings. The predicted molar refractivity (Wildman–Crippen MR) is 20.2 cm³/mol. The lowest BCUT2D eigenvalue weighted by Crippen LogP contribution is -2.15. The Balaban J connectivity index is 2.75. The van der Waals surface area contributed by atoms with Crippen LogP contribution in [0.25, 0.3) is 0 Å². The minimum atomic E-state index is -0.954. The molecule has 0 heterocycles. The number of hydrogen-bond acceptors (Lipinski definition) is 3. The van der Waals surface area contributed by atoms with E-state index in [0.29, 0.717) is 0 Å². The Labute approximate surface area is 35.9 Å². The van der Waals surface area contributed by atoms with E-state index in [-0.39, 0.29) is 13.2 Å². The third-order valence-corrected chi connectivity index (χ3v) is 0.421. The van der Waals surface area contributed by atoms with E-state index in [1.807, 2.05) is 0 Å². The molecular formula is C3H8O3. The molecule has 1 atom stereocenters. The number of aliphatic hydroxyl groups excluding tert-OH is 3. The molecule has 0 spiro atoms. The van der Waals surface area contributed by atoms with Gasteiger partial charge >= 0.3 is 0 Å². The Morgan fingerprint density at radius 1 is 1.67 bits per heavy atom. The summed E-state index contributed by atoms with van der Waals surface area (Å²) < 4.78 is 0. The number of hydrogen-bond donors (Lipinski definition) is 3. The smallest absolute Gasteiger partial charge is 0.100 e. The lowest BCUT2D eigenvalue weighted by atomic mass is 10.6. The fourth-order valence-corrected chi connectivity index (χ4v) is 0.0577. The van der Waals surface area contributed by atoms with Crippen LogP contribution in [0.2, 0.25) is 0 Å². The fourth-order valence-electron chi connectivity index (χ4n) is 0.0577. The van der Waals surface area contributed by atoms with Crippen LogP contribution in [0.4, 0.5) is 0 Å². The van der Waals surface area contributed by atoms with Gasteiger partial charge in [0.25, 0.3) is 0 Å². The van der Waals surface area contributed by atoms with Crippen LogP contribution in [0, 0.1) is 0 Å². The maximum atomic E-state index is 8.17. The first-order valence-corrected chi connectivity index (χ1v) is 1.71. The van der Waals surface area contributed by atoms with Crippen LogP contribution in [0.3, 0.4) is 0 Å². The van der Waals surface area contributed by atoms with Crippen molar-refractivity contribution in [2.24, 2.45) is 0 Å². The molecular weight excluding hydrogens is 87.0 g/mol. The number of aliphatic hydroxyl groups is 3. The molecule has 3 N–H and O–H groups in total. The van der Waals surface area contributed by atoms with Crippen LogP contribution >= 0.6 is 0 Å². The lowest BCUT2D eigenvalue weighted by molar-refractivity contribution is 0.0450. The summed E-state index contributed by atoms with van der Waals surface area (Å²) in [5.74, 6) is 0. The SMILES string of the molecule is OCC(O)[13CH2][18OH]. The van der Waals surface area contributed by atoms with Crippen LogP contribution in [0.5, 0.6) is 0 Å². The van der Waals surface area contributed by atoms with E-state index in [9.17, 15) is 0 Å². The zero-order valence-corrected chi connectivity index (χ0v) is 3.33. The molecule has 1 unspecified atom stereocenters. The Hall–Kier alpha value is -0.120. The summed E-state index contributed by atoms with van der Waals surface area (Å²) in [6, 6.07) is 0. The van der Waals surface area contributed by atoms with E-state index < -0.39 is 6.10 Å². The van der Waals surface area contributed by atoms with Crippen molar-refractivity contribution in [1.82, 2.24) is 0 Å². The van der Waals surface area contributed by atoms with Crippen molar-refractivity contribution in [3.05, 3.63) is 0 Å². The highest BCUT2D eigenvalue weighted by Gasteiger charge is 1.93. The summed E-state index contributed by atoms with van der Waals surface area (Å²) in [6.07, 6.45) is -0.954. The van der Waals surface area contributed by atoms with Crippen molar-refractivity contribution in [3.8, 4) is 0 Å². The Kier molecular flexibility index (Phi) is 3.02. The maximum absolute atomic E-state index is 8.17. The minimum Gasteiger partial charge on any atom is -0.394 e. The second-order valence-electron chi connectivity index (χ2n) is 1.02. The summed E-state index contributed by atoms with van der Waals surface area (Å²) in [5.41, 5.74) is 0. The van der Waals surface area contributed by atoms with E-state index in [4.69, 9.17) is 15.3 Å². The van der Waals surface area contributed by atoms with Crippen LogP contribution < -0.4 is 0 Å². The van der Waals surface area contributed by atoms with Gasteiger partial charge in [-0.15, -0.1) is 0 Å². The van der Waals surface area contributed by atoms with Crippen molar-refractivity contribution < 1.29 is 15.3 Å². The molecule has 0 rings (SSSR count). The molecule has 0 aromatic rings. The van der Waals surface area contributed by atoms with Crippen LogP contribution in [0.1, 0.15) is 0 Å². The molecule has 0 aliphatic carbocycles. The largest absolute Gasteiger partial charge is 0.394 e.